The Labute approximate surface area is 361 Å². The molecule has 4 atom stereocenters. The second-order valence-electron chi connectivity index (χ2n) is 16.8. The van der Waals surface area contributed by atoms with Gasteiger partial charge in [-0.25, -0.2) is 9.59 Å². The Kier molecular flexibility index (Phi) is 15.5. The van der Waals surface area contributed by atoms with E-state index in [4.69, 9.17) is 10.5 Å². The van der Waals surface area contributed by atoms with Crippen molar-refractivity contribution in [2.75, 3.05) is 17.7 Å². The van der Waals surface area contributed by atoms with E-state index in [1.165, 1.54) is 16.7 Å². The number of carbonyl (C=O) groups is 6. The largest absolute Gasteiger partial charge is 0.444 e. The first-order valence-corrected chi connectivity index (χ1v) is 21.4. The third kappa shape index (κ3) is 13.0. The number of ether oxygens (including phenoxy) is 1. The van der Waals surface area contributed by atoms with Gasteiger partial charge < -0.3 is 46.9 Å². The van der Waals surface area contributed by atoms with E-state index in [2.05, 4.69) is 31.6 Å². The standard InChI is InChI=1S/C45H58N8O7S/c1-28-16-10-12-20-32(28)51-42(58)47-23-15-14-22-34(49-39(55)36(52-43(59)60-44(2,3)4)25-30-26-48-33-21-13-11-19-31(30)33)41(57)53-27-61-45(5,6)37(53)40(56)50-35(38(46)54)24-29-17-8-7-9-18-29/h7-13,16-21,26,34-37,48H,14-15,22-25,27H2,1-6H3,(H2,46,54)(H,49,55)(H,50,56)(H,52,59)(H2,47,51,58)/t34-,35?,36-,37+/m0/s1. The Bertz CT molecular complexity index is 2190. The van der Waals surface area contributed by atoms with Crippen LogP contribution in [0.4, 0.5) is 15.3 Å². The van der Waals surface area contributed by atoms with E-state index < -0.39 is 64.2 Å². The number of amides is 7. The van der Waals surface area contributed by atoms with Crippen LogP contribution in [-0.4, -0.2) is 92.6 Å². The molecule has 4 aromatic rings. The van der Waals surface area contributed by atoms with Crippen molar-refractivity contribution >= 4 is 64.1 Å². The molecule has 0 radical (unpaired) electrons. The zero-order valence-corrected chi connectivity index (χ0v) is 36.4. The number of primary amides is 1. The third-order valence-electron chi connectivity index (χ3n) is 10.3. The highest BCUT2D eigenvalue weighted by Gasteiger charge is 2.50. The molecule has 1 saturated heterocycles. The second kappa shape index (κ2) is 20.5. The molecule has 0 saturated carbocycles. The highest BCUT2D eigenvalue weighted by atomic mass is 32.2. The maximum absolute atomic E-state index is 14.8. The molecule has 1 unspecified atom stereocenters. The van der Waals surface area contributed by atoms with E-state index in [1.807, 2.05) is 93.6 Å². The third-order valence-corrected chi connectivity index (χ3v) is 11.7. The van der Waals surface area contributed by atoms with E-state index in [0.29, 0.717) is 18.5 Å². The van der Waals surface area contributed by atoms with Gasteiger partial charge in [0.25, 0.3) is 0 Å². The van der Waals surface area contributed by atoms with Gasteiger partial charge in [0.1, 0.15) is 29.8 Å². The van der Waals surface area contributed by atoms with Crippen LogP contribution in [0, 0.1) is 6.92 Å². The monoisotopic (exact) mass is 854 g/mol. The smallest absolute Gasteiger partial charge is 0.408 e. The Morgan fingerprint density at radius 1 is 0.869 bits per heavy atom. The number of alkyl carbamates (subject to hydrolysis) is 1. The van der Waals surface area contributed by atoms with E-state index in [1.54, 1.807) is 33.0 Å². The molecule has 61 heavy (non-hydrogen) atoms. The predicted molar refractivity (Wildman–Crippen MR) is 238 cm³/mol. The Morgan fingerprint density at radius 3 is 2.26 bits per heavy atom. The summed E-state index contributed by atoms with van der Waals surface area (Å²) in [6.07, 6.45) is 2.20. The molecule has 7 amide bonds. The number of H-pyrrole nitrogens is 1. The number of urea groups is 1. The number of aromatic amines is 1. The summed E-state index contributed by atoms with van der Waals surface area (Å²) >= 11 is 1.39. The number of unbranched alkanes of at least 4 members (excludes halogenated alkanes) is 1. The molecular weight excluding hydrogens is 797 g/mol. The summed E-state index contributed by atoms with van der Waals surface area (Å²) in [5, 5.41) is 15.0. The van der Waals surface area contributed by atoms with Crippen molar-refractivity contribution in [2.24, 2.45) is 5.73 Å². The molecule has 1 fully saturated rings. The lowest BCUT2D eigenvalue weighted by atomic mass is 9.97. The van der Waals surface area contributed by atoms with Crippen LogP contribution in [0.3, 0.4) is 0 Å². The van der Waals surface area contributed by atoms with Crippen molar-refractivity contribution in [1.82, 2.24) is 31.2 Å². The Morgan fingerprint density at radius 2 is 1.56 bits per heavy atom. The van der Waals surface area contributed by atoms with Gasteiger partial charge in [0.15, 0.2) is 0 Å². The SMILES string of the molecule is Cc1ccccc1NC(=O)NCCCC[C@H](NC(=O)[C@H](Cc1c[nH]c2ccccc12)NC(=O)OC(C)(C)C)C(=O)N1CSC(C)(C)[C@H]1C(=O)NC(Cc1ccccc1)C(N)=O. The highest BCUT2D eigenvalue weighted by molar-refractivity contribution is 8.00. The fourth-order valence-electron chi connectivity index (χ4n) is 7.20. The lowest BCUT2D eigenvalue weighted by molar-refractivity contribution is -0.143. The summed E-state index contributed by atoms with van der Waals surface area (Å²) in [6.45, 7) is 11.0. The zero-order chi connectivity index (χ0) is 44.3. The summed E-state index contributed by atoms with van der Waals surface area (Å²) in [6, 6.07) is 19.4. The number of aromatic nitrogens is 1. The molecule has 16 heteroatoms. The molecule has 8 N–H and O–H groups in total. The number of carbonyl (C=O) groups excluding carboxylic acids is 6. The van der Waals surface area contributed by atoms with Gasteiger partial charge in [-0.1, -0.05) is 66.7 Å². The molecule has 1 aliphatic heterocycles. The summed E-state index contributed by atoms with van der Waals surface area (Å²) in [5.74, 6) is -2.29. The molecule has 0 spiro atoms. The minimum absolute atomic E-state index is 0.0729. The molecule has 15 nitrogen and oxygen atoms in total. The molecule has 0 aliphatic carbocycles. The van der Waals surface area contributed by atoms with Crippen molar-refractivity contribution in [3.8, 4) is 0 Å². The number of para-hydroxylation sites is 2. The number of fused-ring (bicyclic) bond motifs is 1. The number of hydrogen-bond donors (Lipinski definition) is 7. The van der Waals surface area contributed by atoms with Crippen LogP contribution in [0.25, 0.3) is 10.9 Å². The van der Waals surface area contributed by atoms with Crippen LogP contribution in [-0.2, 0) is 36.8 Å². The minimum Gasteiger partial charge on any atom is -0.444 e. The van der Waals surface area contributed by atoms with Gasteiger partial charge in [0, 0.05) is 46.9 Å². The van der Waals surface area contributed by atoms with Gasteiger partial charge in [-0.05, 0) is 89.6 Å². The summed E-state index contributed by atoms with van der Waals surface area (Å²) in [4.78, 5) is 86.3. The number of anilines is 1. The van der Waals surface area contributed by atoms with Crippen LogP contribution >= 0.6 is 11.8 Å². The molecule has 1 aliphatic rings. The maximum atomic E-state index is 14.8. The normalized spacial score (nSPS) is 16.2. The van der Waals surface area contributed by atoms with Crippen molar-refractivity contribution in [1.29, 1.82) is 0 Å². The highest BCUT2D eigenvalue weighted by Crippen LogP contribution is 2.40. The van der Waals surface area contributed by atoms with E-state index in [0.717, 1.165) is 27.6 Å². The first kappa shape index (κ1) is 46.0. The lowest BCUT2D eigenvalue weighted by Crippen LogP contribution is -2.61. The number of nitrogens with one attached hydrogen (secondary N) is 6. The van der Waals surface area contributed by atoms with Gasteiger partial charge in [-0.3, -0.25) is 19.2 Å². The van der Waals surface area contributed by atoms with Crippen LogP contribution < -0.4 is 32.3 Å². The molecular formula is C45H58N8O7S. The number of thioether (sulfide) groups is 1. The molecule has 0 bridgehead atoms. The minimum atomic E-state index is -1.16. The lowest BCUT2D eigenvalue weighted by Gasteiger charge is -2.34. The first-order valence-electron chi connectivity index (χ1n) is 20.5. The van der Waals surface area contributed by atoms with Crippen LogP contribution in [0.1, 0.15) is 70.6 Å². The van der Waals surface area contributed by atoms with Gasteiger partial charge in [-0.2, -0.15) is 0 Å². The summed E-state index contributed by atoms with van der Waals surface area (Å²) in [5.41, 5.74) is 8.92. The number of benzene rings is 3. The first-order chi connectivity index (χ1) is 28.9. The van der Waals surface area contributed by atoms with Crippen molar-refractivity contribution < 1.29 is 33.5 Å². The molecule has 3 aromatic carbocycles. The van der Waals surface area contributed by atoms with E-state index >= 15 is 0 Å². The Balaban J connectivity index is 1.37. The van der Waals surface area contributed by atoms with Gasteiger partial charge in [0.05, 0.1) is 5.88 Å². The molecule has 5 rings (SSSR count). The predicted octanol–water partition coefficient (Wildman–Crippen LogP) is 5.28. The van der Waals surface area contributed by atoms with Crippen molar-refractivity contribution in [2.45, 2.75) is 108 Å². The van der Waals surface area contributed by atoms with Crippen molar-refractivity contribution in [3.05, 3.63) is 102 Å². The second-order valence-corrected chi connectivity index (χ2v) is 18.4. The van der Waals surface area contributed by atoms with Gasteiger partial charge >= 0.3 is 12.1 Å². The maximum Gasteiger partial charge on any atom is 0.408 e. The average molecular weight is 855 g/mol. The number of nitrogens with two attached hydrogens (primary N) is 1. The van der Waals surface area contributed by atoms with E-state index in [9.17, 15) is 28.8 Å². The number of aryl methyl sites for hydroxylation is 1. The fraction of sp³-hybridized carbons (Fsp3) is 0.422. The van der Waals surface area contributed by atoms with Crippen LogP contribution in [0.2, 0.25) is 0 Å². The van der Waals surface area contributed by atoms with Gasteiger partial charge in [-0.15, -0.1) is 11.8 Å². The number of nitrogens with zero attached hydrogens (tertiary/aromatic N) is 1. The number of rotatable bonds is 17. The average Bonchev–Trinajstić information content (AvgIpc) is 3.76. The van der Waals surface area contributed by atoms with Crippen LogP contribution in [0.15, 0.2) is 85.1 Å². The van der Waals surface area contributed by atoms with Gasteiger partial charge in [0.2, 0.25) is 23.6 Å². The summed E-state index contributed by atoms with van der Waals surface area (Å²) < 4.78 is 4.75. The zero-order valence-electron chi connectivity index (χ0n) is 35.6. The van der Waals surface area contributed by atoms with Crippen molar-refractivity contribution in [3.63, 3.8) is 0 Å². The fourth-order valence-corrected chi connectivity index (χ4v) is 8.34. The Hall–Kier alpha value is -6.03. The molecule has 326 valence electrons. The number of hydrogen-bond acceptors (Lipinski definition) is 8. The quantitative estimate of drug-likeness (QED) is 0.0692. The van der Waals surface area contributed by atoms with E-state index in [-0.39, 0.29) is 37.7 Å². The van der Waals surface area contributed by atoms with Crippen LogP contribution in [0.5, 0.6) is 0 Å². The topological polar surface area (TPSA) is 217 Å². The summed E-state index contributed by atoms with van der Waals surface area (Å²) in [7, 11) is 0. The molecule has 2 heterocycles. The molecule has 1 aromatic heterocycles.